The fourth-order valence-corrected chi connectivity index (χ4v) is 7.36. The molecule has 0 N–H and O–H groups in total. The molecule has 5 heteroatoms. The van der Waals surface area contributed by atoms with Crippen molar-refractivity contribution < 1.29 is 0 Å². The van der Waals surface area contributed by atoms with E-state index in [9.17, 15) is 15.8 Å². The van der Waals surface area contributed by atoms with Crippen molar-refractivity contribution in [1.82, 2.24) is 9.13 Å². The van der Waals surface area contributed by atoms with Crippen molar-refractivity contribution >= 4 is 43.6 Å². The van der Waals surface area contributed by atoms with Crippen molar-refractivity contribution in [2.24, 2.45) is 0 Å². The molecule has 0 spiro atoms. The van der Waals surface area contributed by atoms with Crippen molar-refractivity contribution in [3.63, 3.8) is 0 Å². The van der Waals surface area contributed by atoms with Crippen LogP contribution in [0.25, 0.3) is 77.2 Å². The first-order chi connectivity index (χ1) is 24.7. The summed E-state index contributed by atoms with van der Waals surface area (Å²) in [5.74, 6) is 0. The molecule has 7 aromatic carbocycles. The van der Waals surface area contributed by atoms with Gasteiger partial charge in [0.1, 0.15) is 6.07 Å². The Labute approximate surface area is 287 Å². The number of benzene rings is 7. The van der Waals surface area contributed by atoms with Gasteiger partial charge in [-0.15, -0.1) is 0 Å². The van der Waals surface area contributed by atoms with Crippen molar-refractivity contribution in [1.29, 1.82) is 15.8 Å². The van der Waals surface area contributed by atoms with Gasteiger partial charge in [0.05, 0.1) is 56.6 Å². The van der Waals surface area contributed by atoms with Crippen LogP contribution in [-0.4, -0.2) is 9.13 Å². The highest BCUT2D eigenvalue weighted by Crippen LogP contribution is 2.39. The Morgan fingerprint density at radius 2 is 0.960 bits per heavy atom. The average Bonchev–Trinajstić information content (AvgIpc) is 3.70. The Morgan fingerprint density at radius 1 is 0.400 bits per heavy atom. The fourth-order valence-electron chi connectivity index (χ4n) is 7.36. The summed E-state index contributed by atoms with van der Waals surface area (Å²) in [7, 11) is 0. The van der Waals surface area contributed by atoms with E-state index in [0.717, 1.165) is 77.2 Å². The van der Waals surface area contributed by atoms with Crippen LogP contribution >= 0.6 is 0 Å². The van der Waals surface area contributed by atoms with Crippen molar-refractivity contribution in [3.05, 3.63) is 168 Å². The lowest BCUT2D eigenvalue weighted by Gasteiger charge is -2.15. The molecular weight excluding hydrogens is 611 g/mol. The highest BCUT2D eigenvalue weighted by Gasteiger charge is 2.19. The van der Waals surface area contributed by atoms with Gasteiger partial charge in [0.15, 0.2) is 0 Å². The van der Waals surface area contributed by atoms with Gasteiger partial charge in [-0.25, -0.2) is 0 Å². The summed E-state index contributed by atoms with van der Waals surface area (Å²) in [4.78, 5) is 0. The Hall–Kier alpha value is -7.39. The summed E-state index contributed by atoms with van der Waals surface area (Å²) in [6, 6.07) is 57.9. The number of nitrogens with zero attached hydrogens (tertiary/aromatic N) is 5. The molecule has 0 saturated heterocycles. The van der Waals surface area contributed by atoms with Gasteiger partial charge in [0.25, 0.3) is 0 Å². The Kier molecular flexibility index (Phi) is 6.56. The number of hydrogen-bond acceptors (Lipinski definition) is 3. The van der Waals surface area contributed by atoms with E-state index in [1.165, 1.54) is 0 Å². The van der Waals surface area contributed by atoms with Gasteiger partial charge in [-0.3, -0.25) is 0 Å². The van der Waals surface area contributed by atoms with E-state index in [4.69, 9.17) is 0 Å². The molecule has 2 heterocycles. The first-order valence-electron chi connectivity index (χ1n) is 16.3. The summed E-state index contributed by atoms with van der Waals surface area (Å²) in [6.45, 7) is 0. The first kappa shape index (κ1) is 28.8. The minimum Gasteiger partial charge on any atom is -0.309 e. The molecule has 230 valence electrons. The van der Waals surface area contributed by atoms with E-state index in [1.54, 1.807) is 0 Å². The van der Waals surface area contributed by atoms with Gasteiger partial charge in [-0.2, -0.15) is 15.8 Å². The summed E-state index contributed by atoms with van der Waals surface area (Å²) < 4.78 is 4.37. The molecule has 0 atom stereocenters. The van der Waals surface area contributed by atoms with E-state index in [2.05, 4.69) is 106 Å². The Morgan fingerprint density at radius 3 is 1.66 bits per heavy atom. The standard InChI is InChI=1S/C45H25N5/c46-26-29-13-23-43-40(24-29)38-8-2-3-10-41(38)49(43)35-20-18-32(19-21-35)31-14-16-33(17-15-31)36-22-12-30(27-47)25-44(36)50-42-11-4-1-7-37(42)39-9-5-6-34(28-48)45(39)50/h1-25H. The second-order valence-electron chi connectivity index (χ2n) is 12.3. The summed E-state index contributed by atoms with van der Waals surface area (Å²) in [5.41, 5.74) is 11.8. The van der Waals surface area contributed by atoms with Gasteiger partial charge >= 0.3 is 0 Å². The normalized spacial score (nSPS) is 11.1. The average molecular weight is 636 g/mol. The fraction of sp³-hybridized carbons (Fsp3) is 0. The topological polar surface area (TPSA) is 81.2 Å². The molecule has 0 amide bonds. The third-order valence-corrected chi connectivity index (χ3v) is 9.64. The quantitative estimate of drug-likeness (QED) is 0.193. The Bertz CT molecular complexity index is 2940. The molecule has 50 heavy (non-hydrogen) atoms. The summed E-state index contributed by atoms with van der Waals surface area (Å²) in [6.07, 6.45) is 0. The SMILES string of the molecule is N#Cc1ccc(-c2ccc(-c3ccc(-n4c5ccccc5c5cc(C#N)ccc54)cc3)cc2)c(-n2c3ccccc3c3cccc(C#N)c32)c1. The van der Waals surface area contributed by atoms with Crippen LogP contribution in [0.5, 0.6) is 0 Å². The number of hydrogen-bond donors (Lipinski definition) is 0. The minimum absolute atomic E-state index is 0.551. The molecule has 0 aliphatic carbocycles. The van der Waals surface area contributed by atoms with Crippen molar-refractivity contribution in [2.45, 2.75) is 0 Å². The number of aromatic nitrogens is 2. The number of para-hydroxylation sites is 3. The zero-order valence-corrected chi connectivity index (χ0v) is 26.7. The van der Waals surface area contributed by atoms with Crippen LogP contribution in [0, 0.1) is 34.0 Å². The van der Waals surface area contributed by atoms with Gasteiger partial charge in [-0.05, 0) is 77.4 Å². The zero-order chi connectivity index (χ0) is 33.8. The molecule has 0 bridgehead atoms. The number of rotatable bonds is 4. The van der Waals surface area contributed by atoms with Gasteiger partial charge < -0.3 is 9.13 Å². The molecule has 9 rings (SSSR count). The van der Waals surface area contributed by atoms with Gasteiger partial charge in [0.2, 0.25) is 0 Å². The van der Waals surface area contributed by atoms with Crippen molar-refractivity contribution in [2.75, 3.05) is 0 Å². The van der Waals surface area contributed by atoms with Crippen LogP contribution in [0.1, 0.15) is 16.7 Å². The molecule has 0 unspecified atom stereocenters. The largest absolute Gasteiger partial charge is 0.309 e. The summed E-state index contributed by atoms with van der Waals surface area (Å²) >= 11 is 0. The number of nitriles is 3. The maximum absolute atomic E-state index is 10.1. The van der Waals surface area contributed by atoms with Crippen LogP contribution < -0.4 is 0 Å². The molecule has 0 aliphatic rings. The van der Waals surface area contributed by atoms with Gasteiger partial charge in [0, 0.05) is 32.8 Å². The predicted molar refractivity (Wildman–Crippen MR) is 200 cm³/mol. The number of fused-ring (bicyclic) bond motifs is 6. The second kappa shape index (κ2) is 11.4. The van der Waals surface area contributed by atoms with Crippen LogP contribution in [0.4, 0.5) is 0 Å². The first-order valence-corrected chi connectivity index (χ1v) is 16.3. The molecule has 9 aromatic rings. The van der Waals surface area contributed by atoms with Crippen LogP contribution in [-0.2, 0) is 0 Å². The lowest BCUT2D eigenvalue weighted by molar-refractivity contribution is 1.17. The van der Waals surface area contributed by atoms with E-state index < -0.39 is 0 Å². The Balaban J connectivity index is 1.13. The maximum atomic E-state index is 10.1. The summed E-state index contributed by atoms with van der Waals surface area (Å²) in [5, 5.41) is 33.7. The molecule has 5 nitrogen and oxygen atoms in total. The van der Waals surface area contributed by atoms with Crippen LogP contribution in [0.15, 0.2) is 152 Å². The zero-order valence-electron chi connectivity index (χ0n) is 26.7. The van der Waals surface area contributed by atoms with Crippen LogP contribution in [0.3, 0.4) is 0 Å². The molecule has 0 saturated carbocycles. The minimum atomic E-state index is 0.551. The van der Waals surface area contributed by atoms with E-state index in [0.29, 0.717) is 16.7 Å². The predicted octanol–water partition coefficient (Wildman–Crippen LogP) is 10.8. The van der Waals surface area contributed by atoms with E-state index in [-0.39, 0.29) is 0 Å². The molecular formula is C45H25N5. The van der Waals surface area contributed by atoms with Crippen molar-refractivity contribution in [3.8, 4) is 51.8 Å². The molecule has 0 aliphatic heterocycles. The molecule has 2 aromatic heterocycles. The van der Waals surface area contributed by atoms with E-state index >= 15 is 0 Å². The monoisotopic (exact) mass is 635 g/mol. The molecule has 0 radical (unpaired) electrons. The second-order valence-corrected chi connectivity index (χ2v) is 12.3. The van der Waals surface area contributed by atoms with Crippen LogP contribution in [0.2, 0.25) is 0 Å². The highest BCUT2D eigenvalue weighted by molar-refractivity contribution is 6.12. The third kappa shape index (κ3) is 4.38. The lowest BCUT2D eigenvalue weighted by atomic mass is 9.97. The maximum Gasteiger partial charge on any atom is 0.101 e. The van der Waals surface area contributed by atoms with E-state index in [1.807, 2.05) is 72.8 Å². The highest BCUT2D eigenvalue weighted by atomic mass is 15.0. The smallest absolute Gasteiger partial charge is 0.101 e. The molecule has 0 fully saturated rings. The lowest BCUT2D eigenvalue weighted by Crippen LogP contribution is -1.99. The van der Waals surface area contributed by atoms with Gasteiger partial charge in [-0.1, -0.05) is 91.0 Å². The third-order valence-electron chi connectivity index (χ3n) is 9.64.